The lowest BCUT2D eigenvalue weighted by molar-refractivity contribution is -0.143. The van der Waals surface area contributed by atoms with E-state index in [0.717, 1.165) is 7.05 Å². The molecule has 1 saturated carbocycles. The van der Waals surface area contributed by atoms with Gasteiger partial charge in [0, 0.05) is 37.0 Å². The summed E-state index contributed by atoms with van der Waals surface area (Å²) in [6.07, 6.45) is -2.03. The van der Waals surface area contributed by atoms with Crippen molar-refractivity contribution in [3.8, 4) is 0 Å². The Morgan fingerprint density at radius 3 is 2.06 bits per heavy atom. The van der Waals surface area contributed by atoms with Gasteiger partial charge in [-0.3, -0.25) is 4.79 Å². The van der Waals surface area contributed by atoms with Crippen LogP contribution in [0.2, 0.25) is 0 Å². The molecule has 1 aliphatic rings. The molecule has 1 aliphatic carbocycles. The van der Waals surface area contributed by atoms with Gasteiger partial charge in [0.15, 0.2) is 0 Å². The molecule has 3 rings (SSSR count). The maximum Gasteiger partial charge on any atom is 0.416 e. The van der Waals surface area contributed by atoms with Crippen molar-refractivity contribution in [3.63, 3.8) is 0 Å². The van der Waals surface area contributed by atoms with E-state index >= 15 is 0 Å². The van der Waals surface area contributed by atoms with Crippen molar-refractivity contribution in [2.75, 3.05) is 7.05 Å². The number of nitrogens with zero attached hydrogens (tertiary/aromatic N) is 1. The van der Waals surface area contributed by atoms with Crippen LogP contribution in [0, 0.1) is 5.95 Å². The van der Waals surface area contributed by atoms with Gasteiger partial charge in [0.05, 0.1) is 11.1 Å². The number of nitrogens with one attached hydrogen (secondary N) is 2. The largest absolute Gasteiger partial charge is 0.416 e. The van der Waals surface area contributed by atoms with Crippen molar-refractivity contribution in [1.29, 1.82) is 0 Å². The van der Waals surface area contributed by atoms with Gasteiger partial charge in [-0.1, -0.05) is 25.3 Å². The van der Waals surface area contributed by atoms with E-state index in [0.29, 0.717) is 30.3 Å². The fourth-order valence-electron chi connectivity index (χ4n) is 3.34. The number of pyridine rings is 1. The highest BCUT2D eigenvalue weighted by Gasteiger charge is 2.37. The van der Waals surface area contributed by atoms with E-state index in [-0.39, 0.29) is 12.0 Å². The molecule has 0 saturated heterocycles. The standard InChI is InChI=1S/C12H17FN2.C10H7F6NO/c13-12-10(5-4-8-14-12)9-15-11-6-2-1-3-7-11;1-17-8(18)5-2-6(9(11,12)13)4-7(3-5)10(14,15)16/h4-5,8,11,15H,1-3,6-7,9H2;2-4H,1H3,(H,17,18). The van der Waals surface area contributed by atoms with Crippen LogP contribution in [0.3, 0.4) is 0 Å². The van der Waals surface area contributed by atoms with Crippen LogP contribution in [0.1, 0.15) is 59.2 Å². The number of hydrogen-bond donors (Lipinski definition) is 2. The van der Waals surface area contributed by atoms with Crippen molar-refractivity contribution < 1.29 is 35.5 Å². The minimum Gasteiger partial charge on any atom is -0.355 e. The Kier molecular flexibility index (Phi) is 9.21. The number of benzene rings is 1. The fraction of sp³-hybridized carbons (Fsp3) is 0.455. The molecule has 4 nitrogen and oxygen atoms in total. The first-order chi connectivity index (χ1) is 15.4. The summed E-state index contributed by atoms with van der Waals surface area (Å²) in [4.78, 5) is 14.8. The molecular formula is C22H24F7N3O. The van der Waals surface area contributed by atoms with Crippen molar-refractivity contribution in [3.05, 3.63) is 64.7 Å². The Morgan fingerprint density at radius 1 is 1.00 bits per heavy atom. The number of carbonyl (C=O) groups is 1. The van der Waals surface area contributed by atoms with Gasteiger partial charge in [-0.15, -0.1) is 0 Å². The molecule has 2 N–H and O–H groups in total. The van der Waals surface area contributed by atoms with Gasteiger partial charge in [-0.05, 0) is 37.1 Å². The number of amides is 1. The topological polar surface area (TPSA) is 54.0 Å². The first-order valence-corrected chi connectivity index (χ1v) is 10.3. The van der Waals surface area contributed by atoms with Gasteiger partial charge in [0.2, 0.25) is 5.95 Å². The van der Waals surface area contributed by atoms with Crippen LogP contribution in [-0.4, -0.2) is 24.0 Å². The highest BCUT2D eigenvalue weighted by atomic mass is 19.4. The summed E-state index contributed by atoms with van der Waals surface area (Å²) >= 11 is 0. The first kappa shape index (κ1) is 26.6. The number of rotatable bonds is 4. The number of aromatic nitrogens is 1. The van der Waals surface area contributed by atoms with Crippen LogP contribution in [0.25, 0.3) is 0 Å². The zero-order chi connectivity index (χ0) is 24.6. The molecule has 1 aromatic heterocycles. The lowest BCUT2D eigenvalue weighted by Crippen LogP contribution is -2.30. The highest BCUT2D eigenvalue weighted by molar-refractivity contribution is 5.94. The summed E-state index contributed by atoms with van der Waals surface area (Å²) in [7, 11) is 1.11. The Balaban J connectivity index is 0.000000237. The maximum atomic E-state index is 13.2. The molecule has 0 radical (unpaired) electrons. The summed E-state index contributed by atoms with van der Waals surface area (Å²) in [6, 6.07) is 4.84. The number of alkyl halides is 6. The summed E-state index contributed by atoms with van der Waals surface area (Å²) in [5, 5.41) is 5.36. The third-order valence-electron chi connectivity index (χ3n) is 5.10. The monoisotopic (exact) mass is 479 g/mol. The average Bonchev–Trinajstić information content (AvgIpc) is 2.77. The Hall–Kier alpha value is -2.69. The predicted octanol–water partition coefficient (Wildman–Crippen LogP) is 5.73. The summed E-state index contributed by atoms with van der Waals surface area (Å²) in [5.74, 6) is -1.37. The Labute approximate surface area is 186 Å². The van der Waals surface area contributed by atoms with Crippen LogP contribution in [0.15, 0.2) is 36.5 Å². The Bertz CT molecular complexity index is 891. The molecule has 1 heterocycles. The van der Waals surface area contributed by atoms with E-state index in [1.165, 1.54) is 38.3 Å². The van der Waals surface area contributed by atoms with Crippen LogP contribution in [-0.2, 0) is 18.9 Å². The molecule has 0 bridgehead atoms. The molecular weight excluding hydrogens is 455 g/mol. The highest BCUT2D eigenvalue weighted by Crippen LogP contribution is 2.36. The molecule has 0 atom stereocenters. The predicted molar refractivity (Wildman–Crippen MR) is 108 cm³/mol. The van der Waals surface area contributed by atoms with Gasteiger partial charge in [0.25, 0.3) is 5.91 Å². The molecule has 2 aromatic rings. The SMILES string of the molecule is CNC(=O)c1cc(C(F)(F)F)cc(C(F)(F)F)c1.Fc1ncccc1CNC1CCCCC1. The minimum absolute atomic E-state index is 0.0353. The third kappa shape index (κ3) is 8.30. The molecule has 0 spiro atoms. The second-order valence-corrected chi connectivity index (χ2v) is 7.54. The van der Waals surface area contributed by atoms with Crippen molar-refractivity contribution in [2.45, 2.75) is 57.0 Å². The zero-order valence-corrected chi connectivity index (χ0v) is 17.8. The van der Waals surface area contributed by atoms with Crippen molar-refractivity contribution in [2.24, 2.45) is 0 Å². The number of halogens is 7. The molecule has 11 heteroatoms. The van der Waals surface area contributed by atoms with E-state index in [1.807, 2.05) is 5.32 Å². The molecule has 33 heavy (non-hydrogen) atoms. The van der Waals surface area contributed by atoms with Crippen LogP contribution in [0.4, 0.5) is 30.7 Å². The van der Waals surface area contributed by atoms with E-state index in [2.05, 4.69) is 10.3 Å². The van der Waals surface area contributed by atoms with Crippen molar-refractivity contribution >= 4 is 5.91 Å². The van der Waals surface area contributed by atoms with Gasteiger partial charge in [-0.2, -0.15) is 30.7 Å². The molecule has 182 valence electrons. The van der Waals surface area contributed by atoms with Gasteiger partial charge >= 0.3 is 12.4 Å². The van der Waals surface area contributed by atoms with Gasteiger partial charge in [0.1, 0.15) is 0 Å². The molecule has 1 aromatic carbocycles. The third-order valence-corrected chi connectivity index (χ3v) is 5.10. The molecule has 0 aliphatic heterocycles. The molecule has 0 unspecified atom stereocenters. The smallest absolute Gasteiger partial charge is 0.355 e. The summed E-state index contributed by atoms with van der Waals surface area (Å²) < 4.78 is 87.6. The average molecular weight is 479 g/mol. The van der Waals surface area contributed by atoms with E-state index in [9.17, 15) is 35.5 Å². The normalized spacial score (nSPS) is 14.9. The Morgan fingerprint density at radius 2 is 1.58 bits per heavy atom. The fourth-order valence-corrected chi connectivity index (χ4v) is 3.34. The van der Waals surface area contributed by atoms with Crippen molar-refractivity contribution in [1.82, 2.24) is 15.6 Å². The van der Waals surface area contributed by atoms with E-state index in [4.69, 9.17) is 0 Å². The van der Waals surface area contributed by atoms with Gasteiger partial charge < -0.3 is 10.6 Å². The first-order valence-electron chi connectivity index (χ1n) is 10.3. The van der Waals surface area contributed by atoms with Gasteiger partial charge in [-0.25, -0.2) is 4.98 Å². The number of carbonyl (C=O) groups excluding carboxylic acids is 1. The van der Waals surface area contributed by atoms with Crippen LogP contribution >= 0.6 is 0 Å². The zero-order valence-electron chi connectivity index (χ0n) is 17.8. The maximum absolute atomic E-state index is 13.2. The molecule has 1 amide bonds. The molecule has 1 fully saturated rings. The number of hydrogen-bond acceptors (Lipinski definition) is 3. The minimum atomic E-state index is -4.95. The van der Waals surface area contributed by atoms with E-state index in [1.54, 1.807) is 12.1 Å². The lowest BCUT2D eigenvalue weighted by atomic mass is 9.95. The second-order valence-electron chi connectivity index (χ2n) is 7.54. The van der Waals surface area contributed by atoms with Crippen LogP contribution in [0.5, 0.6) is 0 Å². The lowest BCUT2D eigenvalue weighted by Gasteiger charge is -2.22. The summed E-state index contributed by atoms with van der Waals surface area (Å²) in [6.45, 7) is 0.602. The quantitative estimate of drug-likeness (QED) is 0.435. The summed E-state index contributed by atoms with van der Waals surface area (Å²) in [5.41, 5.74) is -3.06. The van der Waals surface area contributed by atoms with Crippen LogP contribution < -0.4 is 10.6 Å². The van der Waals surface area contributed by atoms with E-state index < -0.39 is 35.0 Å². The second kappa shape index (κ2) is 11.4.